The molecule has 0 radical (unpaired) electrons. The average Bonchev–Trinajstić information content (AvgIpc) is 2.67. The number of methoxy groups -OCH3 is 1. The molecule has 1 amide bonds. The molecule has 0 atom stereocenters. The third-order valence-corrected chi connectivity index (χ3v) is 4.11. The lowest BCUT2D eigenvalue weighted by atomic mass is 10.1. The summed E-state index contributed by atoms with van der Waals surface area (Å²) in [6.07, 6.45) is 0. The monoisotopic (exact) mass is 376 g/mol. The maximum absolute atomic E-state index is 12.1. The van der Waals surface area contributed by atoms with Crippen LogP contribution in [0.5, 0.6) is 11.5 Å². The SMILES string of the molecule is COc1ccccc1OCC(=O)Nc1ccc(Nc2cc(C)cc(C)c2)cc1. The zero-order valence-corrected chi connectivity index (χ0v) is 16.3. The Balaban J connectivity index is 1.55. The van der Waals surface area contributed by atoms with Crippen LogP contribution in [0.4, 0.5) is 17.1 Å². The van der Waals surface area contributed by atoms with E-state index in [0.717, 1.165) is 11.4 Å². The van der Waals surface area contributed by atoms with Crippen LogP contribution in [0.1, 0.15) is 11.1 Å². The minimum atomic E-state index is -0.235. The van der Waals surface area contributed by atoms with Crippen LogP contribution in [0.15, 0.2) is 66.7 Å². The zero-order chi connectivity index (χ0) is 19.9. The molecular formula is C23H24N2O3. The van der Waals surface area contributed by atoms with Crippen LogP contribution >= 0.6 is 0 Å². The summed E-state index contributed by atoms with van der Waals surface area (Å²) in [5.41, 5.74) is 5.12. The first-order valence-corrected chi connectivity index (χ1v) is 9.04. The lowest BCUT2D eigenvalue weighted by Gasteiger charge is -2.11. The average molecular weight is 376 g/mol. The van der Waals surface area contributed by atoms with Gasteiger partial charge in [-0.1, -0.05) is 18.2 Å². The van der Waals surface area contributed by atoms with Crippen LogP contribution in [0.2, 0.25) is 0 Å². The molecule has 0 unspecified atom stereocenters. The van der Waals surface area contributed by atoms with E-state index in [2.05, 4.69) is 42.7 Å². The predicted octanol–water partition coefficient (Wildman–Crippen LogP) is 5.07. The normalized spacial score (nSPS) is 10.2. The van der Waals surface area contributed by atoms with E-state index in [0.29, 0.717) is 17.2 Å². The minimum Gasteiger partial charge on any atom is -0.493 e. The molecule has 3 aromatic carbocycles. The number of benzene rings is 3. The first-order valence-electron chi connectivity index (χ1n) is 9.04. The first-order chi connectivity index (χ1) is 13.5. The number of hydrogen-bond acceptors (Lipinski definition) is 4. The third-order valence-electron chi connectivity index (χ3n) is 4.11. The van der Waals surface area contributed by atoms with Gasteiger partial charge in [0.15, 0.2) is 18.1 Å². The Kier molecular flexibility index (Phi) is 6.17. The fraction of sp³-hybridized carbons (Fsp3) is 0.174. The smallest absolute Gasteiger partial charge is 0.262 e. The summed E-state index contributed by atoms with van der Waals surface area (Å²) in [7, 11) is 1.57. The van der Waals surface area contributed by atoms with E-state index in [9.17, 15) is 4.79 Å². The quantitative estimate of drug-likeness (QED) is 0.604. The van der Waals surface area contributed by atoms with Gasteiger partial charge in [-0.3, -0.25) is 4.79 Å². The molecule has 5 heteroatoms. The Bertz CT molecular complexity index is 932. The van der Waals surface area contributed by atoms with Gasteiger partial charge in [-0.25, -0.2) is 0 Å². The number of ether oxygens (including phenoxy) is 2. The second-order valence-corrected chi connectivity index (χ2v) is 6.57. The molecule has 0 aromatic heterocycles. The maximum Gasteiger partial charge on any atom is 0.262 e. The summed E-state index contributed by atoms with van der Waals surface area (Å²) in [5, 5.41) is 6.20. The number of aryl methyl sites for hydroxylation is 2. The van der Waals surface area contributed by atoms with E-state index in [-0.39, 0.29) is 12.5 Å². The van der Waals surface area contributed by atoms with E-state index >= 15 is 0 Å². The number of rotatable bonds is 7. The van der Waals surface area contributed by atoms with Crippen molar-refractivity contribution in [3.8, 4) is 11.5 Å². The summed E-state index contributed by atoms with van der Waals surface area (Å²) in [5.74, 6) is 0.895. The highest BCUT2D eigenvalue weighted by Gasteiger charge is 2.07. The van der Waals surface area contributed by atoms with Crippen LogP contribution in [-0.2, 0) is 4.79 Å². The van der Waals surface area contributed by atoms with Crippen molar-refractivity contribution in [2.45, 2.75) is 13.8 Å². The number of nitrogens with one attached hydrogen (secondary N) is 2. The Labute approximate surface area is 165 Å². The summed E-state index contributed by atoms with van der Waals surface area (Å²) in [6.45, 7) is 4.05. The van der Waals surface area contributed by atoms with Crippen molar-refractivity contribution in [1.29, 1.82) is 0 Å². The first kappa shape index (κ1) is 19.3. The summed E-state index contributed by atoms with van der Waals surface area (Å²) < 4.78 is 10.7. The molecule has 3 rings (SSSR count). The lowest BCUT2D eigenvalue weighted by Crippen LogP contribution is -2.20. The van der Waals surface area contributed by atoms with Crippen molar-refractivity contribution in [3.63, 3.8) is 0 Å². The van der Waals surface area contributed by atoms with Crippen molar-refractivity contribution >= 4 is 23.0 Å². The van der Waals surface area contributed by atoms with Gasteiger partial charge in [0, 0.05) is 17.1 Å². The molecule has 0 aliphatic rings. The van der Waals surface area contributed by atoms with Crippen LogP contribution in [-0.4, -0.2) is 19.6 Å². The van der Waals surface area contributed by atoms with Gasteiger partial charge in [0.2, 0.25) is 0 Å². The van der Waals surface area contributed by atoms with Gasteiger partial charge < -0.3 is 20.1 Å². The van der Waals surface area contributed by atoms with E-state index in [4.69, 9.17) is 9.47 Å². The molecule has 0 spiro atoms. The molecule has 0 aliphatic heterocycles. The fourth-order valence-corrected chi connectivity index (χ4v) is 2.93. The number of hydrogen-bond donors (Lipinski definition) is 2. The molecule has 0 saturated heterocycles. The van der Waals surface area contributed by atoms with Crippen LogP contribution in [0.3, 0.4) is 0 Å². The van der Waals surface area contributed by atoms with Gasteiger partial charge in [-0.05, 0) is 73.5 Å². The van der Waals surface area contributed by atoms with Crippen molar-refractivity contribution in [2.75, 3.05) is 24.4 Å². The molecule has 0 fully saturated rings. The van der Waals surface area contributed by atoms with E-state index in [1.54, 1.807) is 19.2 Å². The number of amides is 1. The van der Waals surface area contributed by atoms with Gasteiger partial charge in [-0.15, -0.1) is 0 Å². The van der Waals surface area contributed by atoms with E-state index < -0.39 is 0 Å². The Hall–Kier alpha value is -3.47. The number of carbonyl (C=O) groups is 1. The molecule has 0 heterocycles. The third kappa shape index (κ3) is 5.27. The molecule has 3 aromatic rings. The molecule has 28 heavy (non-hydrogen) atoms. The summed E-state index contributed by atoms with van der Waals surface area (Å²) >= 11 is 0. The number of para-hydroxylation sites is 2. The molecule has 5 nitrogen and oxygen atoms in total. The van der Waals surface area contributed by atoms with Crippen molar-refractivity contribution < 1.29 is 14.3 Å². The standard InChI is InChI=1S/C23H24N2O3/c1-16-12-17(2)14-20(13-16)24-18-8-10-19(11-9-18)25-23(26)15-28-22-7-5-4-6-21(22)27-3/h4-14,24H,15H2,1-3H3,(H,25,26). The second-order valence-electron chi connectivity index (χ2n) is 6.57. The van der Waals surface area contributed by atoms with Crippen molar-refractivity contribution in [2.24, 2.45) is 0 Å². The lowest BCUT2D eigenvalue weighted by molar-refractivity contribution is -0.118. The Morgan fingerprint density at radius 2 is 1.43 bits per heavy atom. The number of anilines is 3. The highest BCUT2D eigenvalue weighted by molar-refractivity contribution is 5.92. The highest BCUT2D eigenvalue weighted by Crippen LogP contribution is 2.26. The van der Waals surface area contributed by atoms with Crippen LogP contribution < -0.4 is 20.1 Å². The molecule has 2 N–H and O–H groups in total. The van der Waals surface area contributed by atoms with E-state index in [1.807, 2.05) is 36.4 Å². The van der Waals surface area contributed by atoms with Gasteiger partial charge in [0.05, 0.1) is 7.11 Å². The van der Waals surface area contributed by atoms with Gasteiger partial charge in [0.25, 0.3) is 5.91 Å². The topological polar surface area (TPSA) is 59.6 Å². The maximum atomic E-state index is 12.1. The predicted molar refractivity (Wildman–Crippen MR) is 113 cm³/mol. The van der Waals surface area contributed by atoms with Crippen molar-refractivity contribution in [3.05, 3.63) is 77.9 Å². The minimum absolute atomic E-state index is 0.0943. The molecular weight excluding hydrogens is 352 g/mol. The summed E-state index contributed by atoms with van der Waals surface area (Å²) in [6, 6.07) is 21.1. The largest absolute Gasteiger partial charge is 0.493 e. The molecule has 0 bridgehead atoms. The zero-order valence-electron chi connectivity index (χ0n) is 16.3. The molecule has 0 saturated carbocycles. The Morgan fingerprint density at radius 3 is 2.07 bits per heavy atom. The van der Waals surface area contributed by atoms with Crippen LogP contribution in [0, 0.1) is 13.8 Å². The summed E-state index contributed by atoms with van der Waals surface area (Å²) in [4.78, 5) is 12.1. The molecule has 144 valence electrons. The van der Waals surface area contributed by atoms with E-state index in [1.165, 1.54) is 11.1 Å². The van der Waals surface area contributed by atoms with Gasteiger partial charge in [-0.2, -0.15) is 0 Å². The van der Waals surface area contributed by atoms with Gasteiger partial charge >= 0.3 is 0 Å². The van der Waals surface area contributed by atoms with Crippen molar-refractivity contribution in [1.82, 2.24) is 0 Å². The molecule has 0 aliphatic carbocycles. The fourth-order valence-electron chi connectivity index (χ4n) is 2.93. The second kappa shape index (κ2) is 8.95. The van der Waals surface area contributed by atoms with Gasteiger partial charge in [0.1, 0.15) is 0 Å². The highest BCUT2D eigenvalue weighted by atomic mass is 16.5. The Morgan fingerprint density at radius 1 is 0.821 bits per heavy atom. The number of carbonyl (C=O) groups excluding carboxylic acids is 1. The van der Waals surface area contributed by atoms with Crippen LogP contribution in [0.25, 0.3) is 0 Å².